The molecule has 2 aromatic rings. The molecule has 21 heavy (non-hydrogen) atoms. The van der Waals surface area contributed by atoms with Crippen molar-refractivity contribution < 1.29 is 4.79 Å². The van der Waals surface area contributed by atoms with Crippen LogP contribution in [-0.2, 0) is 4.79 Å². The number of benzene rings is 1. The van der Waals surface area contributed by atoms with Crippen molar-refractivity contribution >= 4 is 34.1 Å². The predicted molar refractivity (Wildman–Crippen MR) is 87.7 cm³/mol. The molecule has 5 heteroatoms. The van der Waals surface area contributed by atoms with E-state index in [1.807, 2.05) is 31.2 Å². The lowest BCUT2D eigenvalue weighted by atomic mass is 10.1. The molecule has 1 atom stereocenters. The molecule has 0 saturated carbocycles. The number of hydrogen-bond acceptors (Lipinski definition) is 3. The molecule has 4 nitrogen and oxygen atoms in total. The summed E-state index contributed by atoms with van der Waals surface area (Å²) in [5, 5.41) is 7.62. The highest BCUT2D eigenvalue weighted by Crippen LogP contribution is 2.27. The SMILES string of the molecule is CC(C)C(C)NC(=O)CNc1ccc(Cl)c2cccnc12. The highest BCUT2D eigenvalue weighted by atomic mass is 35.5. The molecule has 1 amide bonds. The highest BCUT2D eigenvalue weighted by molar-refractivity contribution is 6.35. The van der Waals surface area contributed by atoms with Gasteiger partial charge in [-0.25, -0.2) is 0 Å². The van der Waals surface area contributed by atoms with Crippen LogP contribution >= 0.6 is 11.6 Å². The Bertz CT molecular complexity index is 642. The average Bonchev–Trinajstić information content (AvgIpc) is 2.46. The molecular formula is C16H20ClN3O. The summed E-state index contributed by atoms with van der Waals surface area (Å²) in [6, 6.07) is 7.56. The highest BCUT2D eigenvalue weighted by Gasteiger charge is 2.11. The molecule has 1 heterocycles. The van der Waals surface area contributed by atoms with Crippen molar-refractivity contribution in [3.05, 3.63) is 35.5 Å². The van der Waals surface area contributed by atoms with Gasteiger partial charge in [0, 0.05) is 17.6 Å². The van der Waals surface area contributed by atoms with E-state index in [4.69, 9.17) is 11.6 Å². The summed E-state index contributed by atoms with van der Waals surface area (Å²) >= 11 is 6.15. The minimum Gasteiger partial charge on any atom is -0.374 e. The van der Waals surface area contributed by atoms with Crippen LogP contribution in [0.25, 0.3) is 10.9 Å². The van der Waals surface area contributed by atoms with Gasteiger partial charge in [0.2, 0.25) is 5.91 Å². The van der Waals surface area contributed by atoms with Crippen LogP contribution in [-0.4, -0.2) is 23.5 Å². The second-order valence-corrected chi connectivity index (χ2v) is 5.86. The van der Waals surface area contributed by atoms with Gasteiger partial charge in [0.25, 0.3) is 0 Å². The normalized spacial score (nSPS) is 12.4. The van der Waals surface area contributed by atoms with Crippen molar-refractivity contribution in [2.75, 3.05) is 11.9 Å². The fraction of sp³-hybridized carbons (Fsp3) is 0.375. The fourth-order valence-corrected chi connectivity index (χ4v) is 2.14. The Labute approximate surface area is 129 Å². The van der Waals surface area contributed by atoms with E-state index < -0.39 is 0 Å². The number of carbonyl (C=O) groups is 1. The van der Waals surface area contributed by atoms with Crippen molar-refractivity contribution in [2.24, 2.45) is 5.92 Å². The summed E-state index contributed by atoms with van der Waals surface area (Å²) in [5.74, 6) is 0.377. The standard InChI is InChI=1S/C16H20ClN3O/c1-10(2)11(3)20-15(21)9-19-14-7-6-13(17)12-5-4-8-18-16(12)14/h4-8,10-11,19H,9H2,1-3H3,(H,20,21). The number of pyridine rings is 1. The van der Waals surface area contributed by atoms with Crippen LogP contribution in [0.1, 0.15) is 20.8 Å². The van der Waals surface area contributed by atoms with Crippen molar-refractivity contribution in [1.82, 2.24) is 10.3 Å². The summed E-state index contributed by atoms with van der Waals surface area (Å²) in [4.78, 5) is 16.2. The molecule has 0 spiro atoms. The maximum Gasteiger partial charge on any atom is 0.239 e. The molecule has 2 N–H and O–H groups in total. The Morgan fingerprint density at radius 2 is 2.05 bits per heavy atom. The summed E-state index contributed by atoms with van der Waals surface area (Å²) in [6.45, 7) is 6.37. The number of fused-ring (bicyclic) bond motifs is 1. The molecule has 112 valence electrons. The lowest BCUT2D eigenvalue weighted by Crippen LogP contribution is -2.39. The lowest BCUT2D eigenvalue weighted by molar-refractivity contribution is -0.120. The number of carbonyl (C=O) groups excluding carboxylic acids is 1. The van der Waals surface area contributed by atoms with E-state index in [1.165, 1.54) is 0 Å². The zero-order valence-electron chi connectivity index (χ0n) is 12.5. The zero-order valence-corrected chi connectivity index (χ0v) is 13.2. The van der Waals surface area contributed by atoms with Crippen LogP contribution < -0.4 is 10.6 Å². The topological polar surface area (TPSA) is 54.0 Å². The van der Waals surface area contributed by atoms with Gasteiger partial charge in [-0.1, -0.05) is 25.4 Å². The zero-order chi connectivity index (χ0) is 15.4. The predicted octanol–water partition coefficient (Wildman–Crippen LogP) is 3.46. The van der Waals surface area contributed by atoms with Crippen LogP contribution in [0.2, 0.25) is 5.02 Å². The number of halogens is 1. The van der Waals surface area contributed by atoms with E-state index in [2.05, 4.69) is 29.5 Å². The Morgan fingerprint density at radius 1 is 1.29 bits per heavy atom. The maximum atomic E-state index is 11.9. The van der Waals surface area contributed by atoms with E-state index in [1.54, 1.807) is 6.20 Å². The third-order valence-electron chi connectivity index (χ3n) is 3.54. The number of hydrogen-bond donors (Lipinski definition) is 2. The maximum absolute atomic E-state index is 11.9. The molecule has 1 aromatic carbocycles. The molecule has 0 aliphatic rings. The van der Waals surface area contributed by atoms with E-state index in [0.29, 0.717) is 10.9 Å². The molecule has 0 saturated heterocycles. The van der Waals surface area contributed by atoms with Gasteiger partial charge in [0.15, 0.2) is 0 Å². The smallest absolute Gasteiger partial charge is 0.239 e. The van der Waals surface area contributed by atoms with Crippen molar-refractivity contribution in [2.45, 2.75) is 26.8 Å². The van der Waals surface area contributed by atoms with Crippen molar-refractivity contribution in [3.8, 4) is 0 Å². The molecule has 2 rings (SSSR count). The first-order valence-electron chi connectivity index (χ1n) is 7.05. The average molecular weight is 306 g/mol. The van der Waals surface area contributed by atoms with Gasteiger partial charge in [-0.2, -0.15) is 0 Å². The van der Waals surface area contributed by atoms with Gasteiger partial charge < -0.3 is 10.6 Å². The molecule has 0 radical (unpaired) electrons. The van der Waals surface area contributed by atoms with Gasteiger partial charge >= 0.3 is 0 Å². The largest absolute Gasteiger partial charge is 0.374 e. The first-order chi connectivity index (χ1) is 9.99. The second kappa shape index (κ2) is 6.76. The fourth-order valence-electron chi connectivity index (χ4n) is 1.93. The summed E-state index contributed by atoms with van der Waals surface area (Å²) in [5.41, 5.74) is 1.58. The Balaban J connectivity index is 2.07. The van der Waals surface area contributed by atoms with E-state index in [9.17, 15) is 4.79 Å². The minimum absolute atomic E-state index is 0.0322. The van der Waals surface area contributed by atoms with E-state index in [0.717, 1.165) is 16.6 Å². The molecule has 0 aliphatic carbocycles. The molecule has 0 fully saturated rings. The molecule has 0 bridgehead atoms. The monoisotopic (exact) mass is 305 g/mol. The van der Waals surface area contributed by atoms with Gasteiger partial charge in [-0.15, -0.1) is 0 Å². The third kappa shape index (κ3) is 3.85. The molecule has 1 aromatic heterocycles. The minimum atomic E-state index is -0.0322. The van der Waals surface area contributed by atoms with Crippen molar-refractivity contribution in [1.29, 1.82) is 0 Å². The quantitative estimate of drug-likeness (QED) is 0.889. The summed E-state index contributed by atoms with van der Waals surface area (Å²) < 4.78 is 0. The first kappa shape index (κ1) is 15.6. The lowest BCUT2D eigenvalue weighted by Gasteiger charge is -2.18. The second-order valence-electron chi connectivity index (χ2n) is 5.45. The van der Waals surface area contributed by atoms with E-state index >= 15 is 0 Å². The number of nitrogens with zero attached hydrogens (tertiary/aromatic N) is 1. The Morgan fingerprint density at radius 3 is 2.76 bits per heavy atom. The van der Waals surface area contributed by atoms with Crippen LogP contribution in [0.5, 0.6) is 0 Å². The number of nitrogens with one attached hydrogen (secondary N) is 2. The number of amides is 1. The van der Waals surface area contributed by atoms with Crippen molar-refractivity contribution in [3.63, 3.8) is 0 Å². The van der Waals surface area contributed by atoms with Crippen LogP contribution in [0.15, 0.2) is 30.5 Å². The summed E-state index contributed by atoms with van der Waals surface area (Å²) in [7, 11) is 0. The molecule has 1 unspecified atom stereocenters. The number of anilines is 1. The van der Waals surface area contributed by atoms with Gasteiger partial charge in [0.1, 0.15) is 0 Å². The molecular weight excluding hydrogens is 286 g/mol. The Kier molecular flexibility index (Phi) is 5.02. The third-order valence-corrected chi connectivity index (χ3v) is 3.87. The number of aromatic nitrogens is 1. The van der Waals surface area contributed by atoms with Gasteiger partial charge in [-0.05, 0) is 37.1 Å². The van der Waals surface area contributed by atoms with Crippen LogP contribution in [0.4, 0.5) is 5.69 Å². The van der Waals surface area contributed by atoms with Gasteiger partial charge in [0.05, 0.1) is 22.8 Å². The first-order valence-corrected chi connectivity index (χ1v) is 7.43. The molecule has 0 aliphatic heterocycles. The van der Waals surface area contributed by atoms with Crippen LogP contribution in [0, 0.1) is 5.92 Å². The van der Waals surface area contributed by atoms with Gasteiger partial charge in [-0.3, -0.25) is 9.78 Å². The van der Waals surface area contributed by atoms with Crippen LogP contribution in [0.3, 0.4) is 0 Å². The number of rotatable bonds is 5. The Hall–Kier alpha value is -1.81. The summed E-state index contributed by atoms with van der Waals surface area (Å²) in [6.07, 6.45) is 1.71. The van der Waals surface area contributed by atoms with E-state index in [-0.39, 0.29) is 18.5 Å².